The minimum Gasteiger partial charge on any atom is -0.321 e. The van der Waals surface area contributed by atoms with Crippen molar-refractivity contribution in [1.82, 2.24) is 0 Å². The van der Waals surface area contributed by atoms with Crippen LogP contribution < -0.4 is 10.3 Å². The van der Waals surface area contributed by atoms with Crippen molar-refractivity contribution in [3.63, 3.8) is 0 Å². The molecule has 8 heteroatoms. The Kier molecular flexibility index (Phi) is 4.98. The molecule has 0 unspecified atom stereocenters. The number of carbonyl (C=O) groups excluding carboxylic acids is 2. The van der Waals surface area contributed by atoms with Gasteiger partial charge in [-0.05, 0) is 37.1 Å². The fraction of sp³-hybridized carbons (Fsp3) is 0.211. The summed E-state index contributed by atoms with van der Waals surface area (Å²) in [5, 5.41) is 19.0. The van der Waals surface area contributed by atoms with E-state index in [0.29, 0.717) is 11.4 Å². The summed E-state index contributed by atoms with van der Waals surface area (Å²) in [6.07, 6.45) is 0.371. The molecular weight excluding hydrogens is 348 g/mol. The van der Waals surface area contributed by atoms with Gasteiger partial charge in [-0.15, -0.1) is 0 Å². The van der Waals surface area contributed by atoms with Gasteiger partial charge in [0.05, 0.1) is 10.6 Å². The van der Waals surface area contributed by atoms with Crippen LogP contribution in [0.1, 0.15) is 24.0 Å². The second-order valence-electron chi connectivity index (χ2n) is 6.30. The van der Waals surface area contributed by atoms with Gasteiger partial charge in [0.25, 0.3) is 11.6 Å². The average molecular weight is 366 g/mol. The number of nitrogens with one attached hydrogen (secondary N) is 1. The number of nitro groups is 1. The van der Waals surface area contributed by atoms with Crippen LogP contribution in [0.3, 0.4) is 0 Å². The van der Waals surface area contributed by atoms with E-state index in [9.17, 15) is 19.7 Å². The van der Waals surface area contributed by atoms with Crippen molar-refractivity contribution in [1.29, 1.82) is 0 Å². The molecule has 0 fully saturated rings. The standard InChI is InChI=1S/C19H18N4O4/c1-12-6-7-13(2)17(10-12)22-18(24)9-8-16(21-22)19(25)20-14-4-3-5-15(11-14)23(26)27/h3-7,10-11H,8-9H2,1-2H3,(H,20,25). The molecule has 0 saturated carbocycles. The second kappa shape index (κ2) is 7.36. The van der Waals surface area contributed by atoms with Crippen LogP contribution in [0.25, 0.3) is 0 Å². The molecule has 138 valence electrons. The molecule has 0 radical (unpaired) electrons. The first-order chi connectivity index (χ1) is 12.8. The summed E-state index contributed by atoms with van der Waals surface area (Å²) in [6.45, 7) is 3.78. The maximum Gasteiger partial charge on any atom is 0.271 e. The summed E-state index contributed by atoms with van der Waals surface area (Å²) in [7, 11) is 0. The number of nitro benzene ring substituents is 1. The number of rotatable bonds is 4. The summed E-state index contributed by atoms with van der Waals surface area (Å²) < 4.78 is 0. The molecular formula is C19H18N4O4. The van der Waals surface area contributed by atoms with Crippen LogP contribution in [0, 0.1) is 24.0 Å². The highest BCUT2D eigenvalue weighted by molar-refractivity contribution is 6.44. The number of amides is 2. The van der Waals surface area contributed by atoms with E-state index in [1.54, 1.807) is 6.07 Å². The van der Waals surface area contributed by atoms with Gasteiger partial charge in [0.1, 0.15) is 5.71 Å². The smallest absolute Gasteiger partial charge is 0.271 e. The first kappa shape index (κ1) is 18.2. The molecule has 1 aliphatic rings. The van der Waals surface area contributed by atoms with Crippen LogP contribution in [0.2, 0.25) is 0 Å². The van der Waals surface area contributed by atoms with Gasteiger partial charge in [-0.1, -0.05) is 18.2 Å². The van der Waals surface area contributed by atoms with Crippen molar-refractivity contribution < 1.29 is 14.5 Å². The Labute approximate surface area is 155 Å². The SMILES string of the molecule is Cc1ccc(C)c(N2N=C(C(=O)Nc3cccc([N+](=O)[O-])c3)CCC2=O)c1. The Morgan fingerprint density at radius 2 is 1.96 bits per heavy atom. The molecule has 1 aliphatic heterocycles. The first-order valence-electron chi connectivity index (χ1n) is 8.38. The minimum atomic E-state index is -0.533. The zero-order valence-corrected chi connectivity index (χ0v) is 14.9. The lowest BCUT2D eigenvalue weighted by molar-refractivity contribution is -0.384. The van der Waals surface area contributed by atoms with Gasteiger partial charge in [0.2, 0.25) is 5.91 Å². The Hall–Kier alpha value is -3.55. The van der Waals surface area contributed by atoms with Crippen LogP contribution in [0.15, 0.2) is 47.6 Å². The van der Waals surface area contributed by atoms with Crippen LogP contribution in [-0.2, 0) is 9.59 Å². The Morgan fingerprint density at radius 3 is 2.70 bits per heavy atom. The van der Waals surface area contributed by atoms with Gasteiger partial charge in [-0.2, -0.15) is 5.10 Å². The highest BCUT2D eigenvalue weighted by Crippen LogP contribution is 2.26. The number of hydrazone groups is 1. The van der Waals surface area contributed by atoms with Gasteiger partial charge in [0, 0.05) is 30.7 Å². The molecule has 0 atom stereocenters. The molecule has 1 heterocycles. The number of hydrogen-bond acceptors (Lipinski definition) is 5. The van der Waals surface area contributed by atoms with E-state index in [-0.39, 0.29) is 30.1 Å². The lowest BCUT2D eigenvalue weighted by Gasteiger charge is -2.24. The van der Waals surface area contributed by atoms with Gasteiger partial charge in [-0.25, -0.2) is 5.01 Å². The second-order valence-corrected chi connectivity index (χ2v) is 6.30. The first-order valence-corrected chi connectivity index (χ1v) is 8.38. The molecule has 8 nitrogen and oxygen atoms in total. The molecule has 0 aromatic heterocycles. The molecule has 2 aromatic carbocycles. The van der Waals surface area contributed by atoms with Crippen LogP contribution >= 0.6 is 0 Å². The van der Waals surface area contributed by atoms with Crippen molar-refractivity contribution in [2.75, 3.05) is 10.3 Å². The highest BCUT2D eigenvalue weighted by Gasteiger charge is 2.26. The summed E-state index contributed by atoms with van der Waals surface area (Å²) in [5.74, 6) is -0.672. The highest BCUT2D eigenvalue weighted by atomic mass is 16.6. The number of anilines is 2. The van der Waals surface area contributed by atoms with E-state index in [4.69, 9.17) is 0 Å². The van der Waals surface area contributed by atoms with E-state index >= 15 is 0 Å². The van der Waals surface area contributed by atoms with Crippen molar-refractivity contribution in [3.05, 3.63) is 63.7 Å². The normalized spacial score (nSPS) is 13.9. The number of benzene rings is 2. The van der Waals surface area contributed by atoms with Gasteiger partial charge >= 0.3 is 0 Å². The zero-order valence-electron chi connectivity index (χ0n) is 14.9. The lowest BCUT2D eigenvalue weighted by Crippen LogP contribution is -2.36. The molecule has 0 spiro atoms. The molecule has 0 aliphatic carbocycles. The summed E-state index contributed by atoms with van der Waals surface area (Å²) in [6, 6.07) is 11.3. The van der Waals surface area contributed by atoms with Gasteiger partial charge in [0.15, 0.2) is 0 Å². The Balaban J connectivity index is 1.86. The van der Waals surface area contributed by atoms with E-state index in [1.807, 2.05) is 32.0 Å². The third kappa shape index (κ3) is 4.00. The largest absolute Gasteiger partial charge is 0.321 e. The maximum atomic E-state index is 12.5. The summed E-state index contributed by atoms with van der Waals surface area (Å²) >= 11 is 0. The number of non-ortho nitro benzene ring substituents is 1. The molecule has 1 N–H and O–H groups in total. The third-order valence-corrected chi connectivity index (χ3v) is 4.20. The van der Waals surface area contributed by atoms with Crippen molar-refractivity contribution >= 4 is 34.6 Å². The molecule has 27 heavy (non-hydrogen) atoms. The number of hydrogen-bond donors (Lipinski definition) is 1. The van der Waals surface area contributed by atoms with E-state index in [0.717, 1.165) is 11.1 Å². The number of aryl methyl sites for hydroxylation is 2. The Morgan fingerprint density at radius 1 is 1.19 bits per heavy atom. The van der Waals surface area contributed by atoms with Crippen molar-refractivity contribution in [2.24, 2.45) is 5.10 Å². The van der Waals surface area contributed by atoms with Crippen LogP contribution in [0.4, 0.5) is 17.1 Å². The Bertz CT molecular complexity index is 968. The predicted octanol–water partition coefficient (Wildman–Crippen LogP) is 3.33. The molecule has 0 bridgehead atoms. The van der Waals surface area contributed by atoms with Crippen LogP contribution in [-0.4, -0.2) is 22.4 Å². The molecule has 0 saturated heterocycles. The quantitative estimate of drug-likeness (QED) is 0.662. The summed E-state index contributed by atoms with van der Waals surface area (Å²) in [4.78, 5) is 35.2. The van der Waals surface area contributed by atoms with E-state index in [2.05, 4.69) is 10.4 Å². The molecule has 2 amide bonds. The molecule has 3 rings (SSSR count). The van der Waals surface area contributed by atoms with Crippen LogP contribution in [0.5, 0.6) is 0 Å². The third-order valence-electron chi connectivity index (χ3n) is 4.20. The van der Waals surface area contributed by atoms with E-state index in [1.165, 1.54) is 23.2 Å². The monoisotopic (exact) mass is 366 g/mol. The molecule has 2 aromatic rings. The maximum absolute atomic E-state index is 12.5. The zero-order chi connectivity index (χ0) is 19.6. The van der Waals surface area contributed by atoms with Gasteiger partial charge < -0.3 is 5.32 Å². The fourth-order valence-electron chi connectivity index (χ4n) is 2.75. The lowest BCUT2D eigenvalue weighted by atomic mass is 10.1. The average Bonchev–Trinajstić information content (AvgIpc) is 2.64. The topological polar surface area (TPSA) is 105 Å². The minimum absolute atomic E-state index is 0.120. The fourth-order valence-corrected chi connectivity index (χ4v) is 2.75. The van der Waals surface area contributed by atoms with Crippen molar-refractivity contribution in [3.8, 4) is 0 Å². The van der Waals surface area contributed by atoms with E-state index < -0.39 is 10.8 Å². The van der Waals surface area contributed by atoms with Crippen molar-refractivity contribution in [2.45, 2.75) is 26.7 Å². The van der Waals surface area contributed by atoms with Gasteiger partial charge in [-0.3, -0.25) is 19.7 Å². The summed E-state index contributed by atoms with van der Waals surface area (Å²) in [5.41, 5.74) is 2.87. The number of carbonyl (C=O) groups is 2. The predicted molar refractivity (Wildman–Crippen MR) is 102 cm³/mol. The number of nitrogens with zero attached hydrogens (tertiary/aromatic N) is 3.